The highest BCUT2D eigenvalue weighted by atomic mass is 15.1. The summed E-state index contributed by atoms with van der Waals surface area (Å²) in [6.07, 6.45) is 6.91. The zero-order valence-corrected chi connectivity index (χ0v) is 12.5. The molecule has 0 amide bonds. The predicted molar refractivity (Wildman–Crippen MR) is 90.9 cm³/mol. The summed E-state index contributed by atoms with van der Waals surface area (Å²) in [7, 11) is 0. The Morgan fingerprint density at radius 3 is 2.59 bits per heavy atom. The van der Waals surface area contributed by atoms with Gasteiger partial charge in [-0.3, -0.25) is 0 Å². The average molecular weight is 289 g/mol. The van der Waals surface area contributed by atoms with E-state index in [-0.39, 0.29) is 0 Å². The maximum absolute atomic E-state index is 4.69. The number of benzene rings is 2. The number of aromatic nitrogens is 2. The molecule has 3 nitrogen and oxygen atoms in total. The Kier molecular flexibility index (Phi) is 3.47. The van der Waals surface area contributed by atoms with Gasteiger partial charge in [-0.2, -0.15) is 0 Å². The summed E-state index contributed by atoms with van der Waals surface area (Å²) in [5, 5.41) is 5.96. The number of rotatable bonds is 3. The third kappa shape index (κ3) is 2.67. The van der Waals surface area contributed by atoms with Gasteiger partial charge in [0, 0.05) is 17.8 Å². The normalized spacial score (nSPS) is 15.3. The molecule has 1 aromatic heterocycles. The van der Waals surface area contributed by atoms with Crippen molar-refractivity contribution in [1.82, 2.24) is 9.97 Å². The highest BCUT2D eigenvalue weighted by Gasteiger charge is 2.15. The third-order valence-electron chi connectivity index (χ3n) is 4.39. The van der Waals surface area contributed by atoms with E-state index in [4.69, 9.17) is 4.98 Å². The Bertz CT molecular complexity index is 791. The van der Waals surface area contributed by atoms with Crippen molar-refractivity contribution in [2.24, 2.45) is 0 Å². The fourth-order valence-corrected chi connectivity index (χ4v) is 3.19. The lowest BCUT2D eigenvalue weighted by atomic mass is 10.1. The van der Waals surface area contributed by atoms with Gasteiger partial charge in [-0.25, -0.2) is 9.97 Å². The maximum atomic E-state index is 4.69. The minimum absolute atomic E-state index is 0.534. The van der Waals surface area contributed by atoms with Crippen molar-refractivity contribution in [3.05, 3.63) is 54.7 Å². The molecule has 1 heterocycles. The summed E-state index contributed by atoms with van der Waals surface area (Å²) in [4.78, 5) is 9.06. The Morgan fingerprint density at radius 1 is 0.909 bits per heavy atom. The molecule has 0 saturated heterocycles. The summed E-state index contributed by atoms with van der Waals surface area (Å²) in [6, 6.07) is 17.4. The number of hydrogen-bond donors (Lipinski definition) is 1. The molecule has 0 unspecified atom stereocenters. The van der Waals surface area contributed by atoms with Gasteiger partial charge in [0.05, 0.1) is 5.69 Å². The monoisotopic (exact) mass is 289 g/mol. The van der Waals surface area contributed by atoms with Gasteiger partial charge < -0.3 is 5.32 Å². The second-order valence-corrected chi connectivity index (χ2v) is 5.95. The molecule has 0 spiro atoms. The number of anilines is 1. The van der Waals surface area contributed by atoms with Gasteiger partial charge in [-0.15, -0.1) is 0 Å². The Hall–Kier alpha value is -2.42. The molecule has 3 aromatic rings. The highest BCUT2D eigenvalue weighted by molar-refractivity contribution is 5.86. The van der Waals surface area contributed by atoms with E-state index in [1.165, 1.54) is 36.5 Å². The lowest BCUT2D eigenvalue weighted by Crippen LogP contribution is -2.16. The van der Waals surface area contributed by atoms with Crippen LogP contribution in [0, 0.1) is 0 Å². The van der Waals surface area contributed by atoms with Crippen LogP contribution in [0.4, 0.5) is 5.95 Å². The molecule has 1 fully saturated rings. The molecule has 0 aliphatic heterocycles. The Balaban J connectivity index is 1.65. The Morgan fingerprint density at radius 2 is 1.73 bits per heavy atom. The van der Waals surface area contributed by atoms with E-state index in [1.54, 1.807) is 0 Å². The summed E-state index contributed by atoms with van der Waals surface area (Å²) >= 11 is 0. The first-order chi connectivity index (χ1) is 10.9. The topological polar surface area (TPSA) is 37.8 Å². The number of nitrogens with one attached hydrogen (secondary N) is 1. The number of hydrogen-bond acceptors (Lipinski definition) is 3. The third-order valence-corrected chi connectivity index (χ3v) is 4.39. The van der Waals surface area contributed by atoms with Gasteiger partial charge in [0.15, 0.2) is 0 Å². The lowest BCUT2D eigenvalue weighted by molar-refractivity contribution is 0.744. The van der Waals surface area contributed by atoms with E-state index in [0.29, 0.717) is 6.04 Å². The summed E-state index contributed by atoms with van der Waals surface area (Å²) in [6.45, 7) is 0. The molecule has 110 valence electrons. The van der Waals surface area contributed by atoms with Crippen LogP contribution in [-0.2, 0) is 0 Å². The van der Waals surface area contributed by atoms with Crippen molar-refractivity contribution in [1.29, 1.82) is 0 Å². The standard InChI is InChI=1S/C19H19N3/c1-2-6-15-13-16(10-9-14(15)5-1)18-11-12-20-19(22-18)21-17-7-3-4-8-17/h1-2,5-6,9-13,17H,3-4,7-8H2,(H,20,21,22). The van der Waals surface area contributed by atoms with Crippen molar-refractivity contribution in [2.45, 2.75) is 31.7 Å². The molecule has 0 bridgehead atoms. The Labute approximate surface area is 130 Å². The highest BCUT2D eigenvalue weighted by Crippen LogP contribution is 2.25. The molecule has 1 N–H and O–H groups in total. The number of fused-ring (bicyclic) bond motifs is 1. The van der Waals surface area contributed by atoms with Gasteiger partial charge in [0.2, 0.25) is 5.95 Å². The zero-order chi connectivity index (χ0) is 14.8. The van der Waals surface area contributed by atoms with Crippen LogP contribution >= 0.6 is 0 Å². The molecule has 1 saturated carbocycles. The molecular weight excluding hydrogens is 270 g/mol. The summed E-state index contributed by atoms with van der Waals surface area (Å²) in [5.41, 5.74) is 2.11. The number of nitrogens with zero attached hydrogens (tertiary/aromatic N) is 2. The van der Waals surface area contributed by atoms with Gasteiger partial charge in [-0.05, 0) is 35.7 Å². The van der Waals surface area contributed by atoms with Gasteiger partial charge in [0.25, 0.3) is 0 Å². The van der Waals surface area contributed by atoms with Crippen LogP contribution in [0.15, 0.2) is 54.7 Å². The van der Waals surface area contributed by atoms with E-state index in [2.05, 4.69) is 52.8 Å². The first-order valence-corrected chi connectivity index (χ1v) is 7.97. The van der Waals surface area contributed by atoms with E-state index in [9.17, 15) is 0 Å². The molecule has 22 heavy (non-hydrogen) atoms. The van der Waals surface area contributed by atoms with Gasteiger partial charge in [0.1, 0.15) is 0 Å². The van der Waals surface area contributed by atoms with Crippen molar-refractivity contribution in [3.63, 3.8) is 0 Å². The summed E-state index contributed by atoms with van der Waals surface area (Å²) < 4.78 is 0. The molecule has 1 aliphatic rings. The largest absolute Gasteiger partial charge is 0.351 e. The average Bonchev–Trinajstić information content (AvgIpc) is 3.08. The molecule has 0 atom stereocenters. The lowest BCUT2D eigenvalue weighted by Gasteiger charge is -2.12. The second-order valence-electron chi connectivity index (χ2n) is 5.95. The van der Waals surface area contributed by atoms with E-state index in [1.807, 2.05) is 12.3 Å². The predicted octanol–water partition coefficient (Wildman–Crippen LogP) is 4.65. The zero-order valence-electron chi connectivity index (χ0n) is 12.5. The second kappa shape index (κ2) is 5.76. The van der Waals surface area contributed by atoms with Crippen LogP contribution in [0.3, 0.4) is 0 Å². The van der Waals surface area contributed by atoms with E-state index in [0.717, 1.165) is 17.2 Å². The van der Waals surface area contributed by atoms with E-state index < -0.39 is 0 Å². The van der Waals surface area contributed by atoms with Crippen LogP contribution in [0.25, 0.3) is 22.0 Å². The van der Waals surface area contributed by atoms with Crippen LogP contribution in [0.1, 0.15) is 25.7 Å². The van der Waals surface area contributed by atoms with Gasteiger partial charge >= 0.3 is 0 Å². The van der Waals surface area contributed by atoms with Crippen molar-refractivity contribution in [2.75, 3.05) is 5.32 Å². The minimum atomic E-state index is 0.534. The quantitative estimate of drug-likeness (QED) is 0.762. The van der Waals surface area contributed by atoms with Crippen molar-refractivity contribution < 1.29 is 0 Å². The minimum Gasteiger partial charge on any atom is -0.351 e. The fourth-order valence-electron chi connectivity index (χ4n) is 3.19. The van der Waals surface area contributed by atoms with Crippen LogP contribution in [0.2, 0.25) is 0 Å². The van der Waals surface area contributed by atoms with Crippen molar-refractivity contribution in [3.8, 4) is 11.3 Å². The van der Waals surface area contributed by atoms with E-state index >= 15 is 0 Å². The molecule has 1 aliphatic carbocycles. The summed E-state index contributed by atoms with van der Waals surface area (Å²) in [5.74, 6) is 0.748. The molecule has 0 radical (unpaired) electrons. The first-order valence-electron chi connectivity index (χ1n) is 7.97. The van der Waals surface area contributed by atoms with Crippen LogP contribution in [-0.4, -0.2) is 16.0 Å². The SMILES string of the molecule is c1ccc2cc(-c3ccnc(NC4CCCC4)n3)ccc2c1. The van der Waals surface area contributed by atoms with Crippen LogP contribution < -0.4 is 5.32 Å². The molecular formula is C19H19N3. The molecule has 3 heteroatoms. The maximum Gasteiger partial charge on any atom is 0.223 e. The molecule has 2 aromatic carbocycles. The smallest absolute Gasteiger partial charge is 0.223 e. The van der Waals surface area contributed by atoms with Gasteiger partial charge in [-0.1, -0.05) is 49.2 Å². The fraction of sp³-hybridized carbons (Fsp3) is 0.263. The molecule has 4 rings (SSSR count). The van der Waals surface area contributed by atoms with Crippen molar-refractivity contribution >= 4 is 16.7 Å². The first kappa shape index (κ1) is 13.3. The van der Waals surface area contributed by atoms with Crippen LogP contribution in [0.5, 0.6) is 0 Å².